The zero-order valence-electron chi connectivity index (χ0n) is 9.86. The zero-order chi connectivity index (χ0) is 10.7. The Kier molecular flexibility index (Phi) is 5.76. The van der Waals surface area contributed by atoms with Gasteiger partial charge in [0.05, 0.1) is 19.8 Å². The van der Waals surface area contributed by atoms with Crippen molar-refractivity contribution in [3.63, 3.8) is 0 Å². The van der Waals surface area contributed by atoms with E-state index < -0.39 is 0 Å². The third-order valence-corrected chi connectivity index (χ3v) is 3.67. The molecule has 3 N–H and O–H groups in total. The van der Waals surface area contributed by atoms with Gasteiger partial charge in [-0.1, -0.05) is 11.6 Å². The van der Waals surface area contributed by atoms with E-state index in [-0.39, 0.29) is 19.0 Å². The highest BCUT2D eigenvalue weighted by atomic mass is 35.5. The fourth-order valence-corrected chi connectivity index (χ4v) is 2.71. The van der Waals surface area contributed by atoms with Gasteiger partial charge in [-0.3, -0.25) is 0 Å². The van der Waals surface area contributed by atoms with E-state index in [0.29, 0.717) is 12.0 Å². The number of allylic oxidation sites excluding steroid dienone is 1. The molecular weight excluding hydrogens is 226 g/mol. The lowest BCUT2D eigenvalue weighted by atomic mass is 9.77. The summed E-state index contributed by atoms with van der Waals surface area (Å²) < 4.78 is 5.91. The molecule has 0 spiro atoms. The Bertz CT molecular complexity index is 245. The van der Waals surface area contributed by atoms with E-state index in [0.717, 1.165) is 25.6 Å². The van der Waals surface area contributed by atoms with Gasteiger partial charge in [-0.25, -0.2) is 0 Å². The summed E-state index contributed by atoms with van der Waals surface area (Å²) in [6, 6.07) is 0. The lowest BCUT2D eigenvalue weighted by Crippen LogP contribution is -3.00. The quantitative estimate of drug-likeness (QED) is 0.409. The molecule has 94 valence electrons. The number of fused-ring (bicyclic) bond motifs is 2. The number of hydrogen-bond donors (Lipinski definition) is 2. The molecule has 0 radical (unpaired) electrons. The molecular formula is C12H22ClNO2. The predicted octanol–water partition coefficient (Wildman–Crippen LogP) is -3.08. The molecule has 1 aliphatic carbocycles. The molecule has 3 nitrogen and oxygen atoms in total. The molecule has 1 aliphatic heterocycles. The first-order chi connectivity index (χ1) is 7.31. The van der Waals surface area contributed by atoms with Crippen LogP contribution in [0.25, 0.3) is 0 Å². The van der Waals surface area contributed by atoms with Crippen molar-refractivity contribution in [3.05, 3.63) is 11.6 Å². The maximum atomic E-state index is 8.74. The molecule has 0 aromatic rings. The Balaban J connectivity index is 0.00000128. The molecule has 0 saturated carbocycles. The van der Waals surface area contributed by atoms with Crippen molar-refractivity contribution >= 4 is 0 Å². The topological polar surface area (TPSA) is 46.1 Å². The average molecular weight is 248 g/mol. The van der Waals surface area contributed by atoms with Crippen molar-refractivity contribution < 1.29 is 27.6 Å². The van der Waals surface area contributed by atoms with Crippen molar-refractivity contribution in [3.8, 4) is 0 Å². The Morgan fingerprint density at radius 2 is 2.38 bits per heavy atom. The fraction of sp³-hybridized carbons (Fsp3) is 0.833. The summed E-state index contributed by atoms with van der Waals surface area (Å²) in [5.41, 5.74) is 1.51. The second-order valence-corrected chi connectivity index (χ2v) is 4.80. The zero-order valence-corrected chi connectivity index (χ0v) is 10.6. The van der Waals surface area contributed by atoms with Crippen LogP contribution in [0.4, 0.5) is 0 Å². The molecule has 2 bridgehead atoms. The number of aliphatic hydroxyl groups excluding tert-OH is 1. The number of hydrogen-bond acceptors (Lipinski definition) is 2. The SMILES string of the molecule is CC1=CCC2COC(C[NH2+]CCO)C1C2.[Cl-]. The highest BCUT2D eigenvalue weighted by Gasteiger charge is 2.35. The number of ether oxygens (including phenoxy) is 1. The first kappa shape index (κ1) is 14.0. The average Bonchev–Trinajstić information content (AvgIpc) is 2.26. The van der Waals surface area contributed by atoms with E-state index in [1.165, 1.54) is 18.4 Å². The molecule has 0 aromatic carbocycles. The Labute approximate surface area is 104 Å². The Morgan fingerprint density at radius 3 is 3.12 bits per heavy atom. The van der Waals surface area contributed by atoms with Gasteiger partial charge in [-0.15, -0.1) is 0 Å². The number of quaternary nitrogens is 1. The van der Waals surface area contributed by atoms with Crippen molar-refractivity contribution in [2.45, 2.75) is 25.9 Å². The van der Waals surface area contributed by atoms with Crippen LogP contribution in [0.2, 0.25) is 0 Å². The van der Waals surface area contributed by atoms with E-state index >= 15 is 0 Å². The molecule has 2 rings (SSSR count). The van der Waals surface area contributed by atoms with Crippen LogP contribution in [-0.2, 0) is 4.74 Å². The minimum atomic E-state index is 0. The maximum Gasteiger partial charge on any atom is 0.113 e. The van der Waals surface area contributed by atoms with Crippen LogP contribution in [0.1, 0.15) is 19.8 Å². The molecule has 1 fully saturated rings. The van der Waals surface area contributed by atoms with Gasteiger partial charge in [0.1, 0.15) is 12.6 Å². The Morgan fingerprint density at radius 1 is 1.56 bits per heavy atom. The van der Waals surface area contributed by atoms with Crippen LogP contribution in [0.15, 0.2) is 11.6 Å². The normalized spacial score (nSPS) is 32.9. The highest BCUT2D eigenvalue weighted by Crippen LogP contribution is 2.36. The van der Waals surface area contributed by atoms with E-state index in [4.69, 9.17) is 9.84 Å². The molecule has 16 heavy (non-hydrogen) atoms. The molecule has 3 atom stereocenters. The third kappa shape index (κ3) is 3.20. The first-order valence-corrected chi connectivity index (χ1v) is 6.02. The summed E-state index contributed by atoms with van der Waals surface area (Å²) >= 11 is 0. The maximum absolute atomic E-state index is 8.74. The Hall–Kier alpha value is -0.0900. The minimum Gasteiger partial charge on any atom is -1.00 e. The largest absolute Gasteiger partial charge is 1.00 e. The summed E-state index contributed by atoms with van der Waals surface area (Å²) in [5.74, 6) is 1.39. The van der Waals surface area contributed by atoms with Crippen molar-refractivity contribution in [1.29, 1.82) is 0 Å². The monoisotopic (exact) mass is 247 g/mol. The van der Waals surface area contributed by atoms with Crippen molar-refractivity contribution in [1.82, 2.24) is 0 Å². The number of aliphatic hydroxyl groups is 1. The van der Waals surface area contributed by atoms with Crippen LogP contribution < -0.4 is 17.7 Å². The summed E-state index contributed by atoms with van der Waals surface area (Å²) in [4.78, 5) is 0. The van der Waals surface area contributed by atoms with Crippen molar-refractivity contribution in [2.75, 3.05) is 26.3 Å². The predicted molar refractivity (Wildman–Crippen MR) is 58.5 cm³/mol. The van der Waals surface area contributed by atoms with Gasteiger partial charge in [-0.05, 0) is 25.7 Å². The van der Waals surface area contributed by atoms with Gasteiger partial charge in [0.2, 0.25) is 0 Å². The number of halogens is 1. The van der Waals surface area contributed by atoms with Gasteiger partial charge >= 0.3 is 0 Å². The molecule has 3 unspecified atom stereocenters. The fourth-order valence-electron chi connectivity index (χ4n) is 2.71. The minimum absolute atomic E-state index is 0. The summed E-state index contributed by atoms with van der Waals surface area (Å²) in [6.45, 7) is 5.20. The van der Waals surface area contributed by atoms with E-state index in [9.17, 15) is 0 Å². The summed E-state index contributed by atoms with van der Waals surface area (Å²) in [7, 11) is 0. The smallest absolute Gasteiger partial charge is 0.113 e. The lowest BCUT2D eigenvalue weighted by Gasteiger charge is -2.39. The van der Waals surface area contributed by atoms with Crippen LogP contribution in [0.3, 0.4) is 0 Å². The molecule has 0 aromatic heterocycles. The summed E-state index contributed by atoms with van der Waals surface area (Å²) in [5, 5.41) is 10.9. The summed E-state index contributed by atoms with van der Waals surface area (Å²) in [6.07, 6.45) is 5.26. The molecule has 4 heteroatoms. The number of nitrogens with two attached hydrogens (primary N) is 1. The van der Waals surface area contributed by atoms with Crippen molar-refractivity contribution in [2.24, 2.45) is 11.8 Å². The highest BCUT2D eigenvalue weighted by molar-refractivity contribution is 5.12. The second kappa shape index (κ2) is 6.60. The standard InChI is InChI=1S/C12H21NO2.ClH/c1-9-2-3-10-6-11(9)12(15-8-10)7-13-4-5-14;/h2,10-14H,3-8H2,1H3;1H. The molecule has 2 aliphatic rings. The van der Waals surface area contributed by atoms with E-state index in [2.05, 4.69) is 18.3 Å². The molecule has 1 saturated heterocycles. The van der Waals surface area contributed by atoms with E-state index in [1.807, 2.05) is 0 Å². The molecule has 0 amide bonds. The lowest BCUT2D eigenvalue weighted by molar-refractivity contribution is -0.664. The number of rotatable bonds is 4. The van der Waals surface area contributed by atoms with Gasteiger partial charge in [0.25, 0.3) is 0 Å². The van der Waals surface area contributed by atoms with Gasteiger partial charge in [-0.2, -0.15) is 0 Å². The van der Waals surface area contributed by atoms with Crippen LogP contribution >= 0.6 is 0 Å². The second-order valence-electron chi connectivity index (χ2n) is 4.80. The van der Waals surface area contributed by atoms with Crippen LogP contribution in [-0.4, -0.2) is 37.5 Å². The van der Waals surface area contributed by atoms with Gasteiger partial charge < -0.3 is 27.6 Å². The molecule has 1 heterocycles. The van der Waals surface area contributed by atoms with Gasteiger partial charge in [0.15, 0.2) is 0 Å². The van der Waals surface area contributed by atoms with E-state index in [1.54, 1.807) is 0 Å². The van der Waals surface area contributed by atoms with Crippen LogP contribution in [0, 0.1) is 11.8 Å². The van der Waals surface area contributed by atoms with Crippen LogP contribution in [0.5, 0.6) is 0 Å². The first-order valence-electron chi connectivity index (χ1n) is 6.02. The van der Waals surface area contributed by atoms with Gasteiger partial charge in [0, 0.05) is 5.92 Å². The third-order valence-electron chi connectivity index (χ3n) is 3.67.